The van der Waals surface area contributed by atoms with Crippen LogP contribution in [0.2, 0.25) is 0 Å². The molecule has 1 unspecified atom stereocenters. The predicted molar refractivity (Wildman–Crippen MR) is 106 cm³/mol. The van der Waals surface area contributed by atoms with E-state index in [-0.39, 0.29) is 11.5 Å². The van der Waals surface area contributed by atoms with E-state index in [9.17, 15) is 18.0 Å². The summed E-state index contributed by atoms with van der Waals surface area (Å²) in [5.74, 6) is -0.235. The number of nitrogens with zero attached hydrogens (tertiary/aromatic N) is 4. The summed E-state index contributed by atoms with van der Waals surface area (Å²) >= 11 is 3.35. The molecule has 0 fully saturated rings. The van der Waals surface area contributed by atoms with Crippen molar-refractivity contribution < 1.29 is 18.0 Å². The molecule has 0 radical (unpaired) electrons. The van der Waals surface area contributed by atoms with E-state index in [1.807, 2.05) is 31.2 Å². The van der Waals surface area contributed by atoms with E-state index in [1.165, 1.54) is 13.8 Å². The van der Waals surface area contributed by atoms with Gasteiger partial charge in [0.15, 0.2) is 11.5 Å². The fraction of sp³-hybridized carbons (Fsp3) is 0.316. The topological polar surface area (TPSA) is 64.7 Å². The summed E-state index contributed by atoms with van der Waals surface area (Å²) in [5.41, 5.74) is 1.41. The minimum Gasteiger partial charge on any atom is -0.306 e. The van der Waals surface area contributed by atoms with E-state index in [0.29, 0.717) is 11.0 Å². The zero-order chi connectivity index (χ0) is 21.3. The summed E-state index contributed by atoms with van der Waals surface area (Å²) in [6.07, 6.45) is -2.84. The van der Waals surface area contributed by atoms with Gasteiger partial charge in [0, 0.05) is 11.9 Å². The lowest BCUT2D eigenvalue weighted by Crippen LogP contribution is -2.26. The van der Waals surface area contributed by atoms with Crippen LogP contribution in [0.3, 0.4) is 0 Å². The highest BCUT2D eigenvalue weighted by molar-refractivity contribution is 9.10. The Hall–Kier alpha value is -2.62. The van der Waals surface area contributed by atoms with Crippen molar-refractivity contribution in [1.82, 2.24) is 19.6 Å². The summed E-state index contributed by atoms with van der Waals surface area (Å²) in [6.45, 7) is 5.46. The fourth-order valence-corrected chi connectivity index (χ4v) is 3.21. The lowest BCUT2D eigenvalue weighted by Gasteiger charge is -2.13. The Kier molecular flexibility index (Phi) is 5.83. The molecule has 10 heteroatoms. The van der Waals surface area contributed by atoms with Crippen LogP contribution in [0, 0.1) is 13.8 Å². The third kappa shape index (κ3) is 4.87. The van der Waals surface area contributed by atoms with Gasteiger partial charge in [-0.25, -0.2) is 0 Å². The Labute approximate surface area is 173 Å². The summed E-state index contributed by atoms with van der Waals surface area (Å²) < 4.78 is 41.8. The van der Waals surface area contributed by atoms with E-state index >= 15 is 0 Å². The van der Waals surface area contributed by atoms with Crippen LogP contribution in [0.25, 0.3) is 0 Å². The third-order valence-corrected chi connectivity index (χ3v) is 4.96. The number of rotatable bonds is 5. The Morgan fingerprint density at radius 3 is 2.45 bits per heavy atom. The van der Waals surface area contributed by atoms with Gasteiger partial charge in [0.05, 0.1) is 11.0 Å². The number of alkyl halides is 3. The van der Waals surface area contributed by atoms with Crippen molar-refractivity contribution in [2.75, 3.05) is 5.32 Å². The second-order valence-electron chi connectivity index (χ2n) is 6.79. The van der Waals surface area contributed by atoms with Gasteiger partial charge in [-0.05, 0) is 48.3 Å². The number of halogens is 4. The molecule has 0 aliphatic heterocycles. The highest BCUT2D eigenvalue weighted by atomic mass is 79.9. The van der Waals surface area contributed by atoms with Crippen molar-refractivity contribution in [3.05, 3.63) is 63.5 Å². The number of amides is 1. The minimum atomic E-state index is -4.57. The van der Waals surface area contributed by atoms with Gasteiger partial charge >= 0.3 is 6.18 Å². The van der Waals surface area contributed by atoms with Crippen molar-refractivity contribution in [1.29, 1.82) is 0 Å². The first-order valence-electron chi connectivity index (χ1n) is 8.77. The molecule has 154 valence electrons. The third-order valence-electron chi connectivity index (χ3n) is 4.38. The minimum absolute atomic E-state index is 0.240. The quantitative estimate of drug-likeness (QED) is 0.587. The first kappa shape index (κ1) is 21.1. The molecule has 1 N–H and O–H groups in total. The Balaban J connectivity index is 1.73. The zero-order valence-corrected chi connectivity index (χ0v) is 17.5. The largest absolute Gasteiger partial charge is 0.435 e. The molecule has 3 rings (SSSR count). The average molecular weight is 470 g/mol. The fourth-order valence-electron chi connectivity index (χ4n) is 2.79. The van der Waals surface area contributed by atoms with Crippen LogP contribution < -0.4 is 5.32 Å². The zero-order valence-electron chi connectivity index (χ0n) is 16.0. The highest BCUT2D eigenvalue weighted by Gasteiger charge is 2.35. The molecule has 2 heterocycles. The normalized spacial score (nSPS) is 12.8. The number of carbonyl (C=O) groups excluding carboxylic acids is 1. The number of aryl methyl sites for hydroxylation is 2. The van der Waals surface area contributed by atoms with E-state index in [1.54, 1.807) is 10.9 Å². The maximum Gasteiger partial charge on any atom is 0.435 e. The Bertz CT molecular complexity index is 1020. The molecule has 3 aromatic rings. The van der Waals surface area contributed by atoms with Gasteiger partial charge in [0.2, 0.25) is 5.91 Å². The maximum atomic E-state index is 12.9. The molecule has 0 saturated heterocycles. The molecule has 0 aliphatic carbocycles. The van der Waals surface area contributed by atoms with Crippen LogP contribution in [0.1, 0.15) is 35.5 Å². The number of nitrogens with one attached hydrogen (secondary N) is 1. The molecule has 0 spiro atoms. The lowest BCUT2D eigenvalue weighted by atomic mass is 10.1. The molecule has 1 aromatic carbocycles. The van der Waals surface area contributed by atoms with Crippen molar-refractivity contribution >= 4 is 27.7 Å². The second kappa shape index (κ2) is 8.02. The molecule has 0 bridgehead atoms. The molecule has 2 aromatic heterocycles. The number of aromatic nitrogens is 4. The number of carbonyl (C=O) groups is 1. The van der Waals surface area contributed by atoms with Crippen molar-refractivity contribution in [2.45, 2.75) is 39.5 Å². The number of benzene rings is 1. The molecular weight excluding hydrogens is 451 g/mol. The highest BCUT2D eigenvalue weighted by Crippen LogP contribution is 2.29. The van der Waals surface area contributed by atoms with Crippen molar-refractivity contribution in [2.24, 2.45) is 0 Å². The van der Waals surface area contributed by atoms with Crippen LogP contribution in [0.5, 0.6) is 0 Å². The molecule has 0 saturated carbocycles. The lowest BCUT2D eigenvalue weighted by molar-refractivity contribution is -0.141. The van der Waals surface area contributed by atoms with Gasteiger partial charge in [-0.15, -0.1) is 0 Å². The molecule has 1 amide bonds. The monoisotopic (exact) mass is 469 g/mol. The smallest absolute Gasteiger partial charge is 0.306 e. The van der Waals surface area contributed by atoms with E-state index in [2.05, 4.69) is 31.4 Å². The summed E-state index contributed by atoms with van der Waals surface area (Å²) in [4.78, 5) is 12.6. The predicted octanol–water partition coefficient (Wildman–Crippen LogP) is 4.73. The number of hydrogen-bond donors (Lipinski definition) is 1. The average Bonchev–Trinajstić information content (AvgIpc) is 3.19. The first-order valence-corrected chi connectivity index (χ1v) is 9.56. The van der Waals surface area contributed by atoms with Crippen LogP contribution in [0.4, 0.5) is 19.0 Å². The maximum absolute atomic E-state index is 12.9. The van der Waals surface area contributed by atoms with Gasteiger partial charge in [-0.2, -0.15) is 23.4 Å². The van der Waals surface area contributed by atoms with Crippen LogP contribution in [-0.4, -0.2) is 25.5 Å². The molecule has 1 atom stereocenters. The van der Waals surface area contributed by atoms with Crippen molar-refractivity contribution in [3.63, 3.8) is 0 Å². The van der Waals surface area contributed by atoms with Crippen LogP contribution in [-0.2, 0) is 17.5 Å². The summed E-state index contributed by atoms with van der Waals surface area (Å²) in [6, 6.07) is 7.95. The Morgan fingerprint density at radius 2 is 1.86 bits per heavy atom. The summed E-state index contributed by atoms with van der Waals surface area (Å²) in [5, 5.41) is 10.5. The summed E-state index contributed by atoms with van der Waals surface area (Å²) in [7, 11) is 0. The SMILES string of the molecule is Cc1ccc(Cn2cc(Br)c(NC(=O)C(C)n3nc(C(F)(F)F)cc3C)n2)cc1. The molecule has 0 aliphatic rings. The van der Waals surface area contributed by atoms with E-state index < -0.39 is 23.8 Å². The van der Waals surface area contributed by atoms with Gasteiger partial charge in [0.25, 0.3) is 0 Å². The van der Waals surface area contributed by atoms with E-state index in [4.69, 9.17) is 0 Å². The molecular formula is C19H19BrF3N5O. The number of anilines is 1. The van der Waals surface area contributed by atoms with E-state index in [0.717, 1.165) is 21.9 Å². The molecule has 6 nitrogen and oxygen atoms in total. The van der Waals surface area contributed by atoms with Gasteiger partial charge in [-0.1, -0.05) is 29.8 Å². The Morgan fingerprint density at radius 1 is 1.21 bits per heavy atom. The van der Waals surface area contributed by atoms with Crippen LogP contribution in [0.15, 0.2) is 41.0 Å². The van der Waals surface area contributed by atoms with Crippen LogP contribution >= 0.6 is 15.9 Å². The van der Waals surface area contributed by atoms with Gasteiger partial charge in [0.1, 0.15) is 6.04 Å². The standard InChI is InChI=1S/C19H19BrF3N5O/c1-11-4-6-14(7-5-11)9-27-10-15(20)17(26-27)24-18(29)13(3)28-12(2)8-16(25-28)19(21,22)23/h4-8,10,13H,9H2,1-3H3,(H,24,26,29). The van der Waals surface area contributed by atoms with Crippen molar-refractivity contribution in [3.8, 4) is 0 Å². The molecule has 29 heavy (non-hydrogen) atoms. The van der Waals surface area contributed by atoms with Gasteiger partial charge < -0.3 is 5.32 Å². The first-order chi connectivity index (χ1) is 13.5. The van der Waals surface area contributed by atoms with Gasteiger partial charge in [-0.3, -0.25) is 14.2 Å². The number of hydrogen-bond acceptors (Lipinski definition) is 3. The second-order valence-corrected chi connectivity index (χ2v) is 7.64.